The van der Waals surface area contributed by atoms with E-state index in [0.29, 0.717) is 18.1 Å². The Labute approximate surface area is 116 Å². The maximum absolute atomic E-state index is 8.87. The molecule has 0 saturated heterocycles. The number of nitrogens with zero attached hydrogens (tertiary/aromatic N) is 4. The number of hydrogen-bond donors (Lipinski definition) is 1. The third kappa shape index (κ3) is 2.31. The molecule has 0 fully saturated rings. The summed E-state index contributed by atoms with van der Waals surface area (Å²) in [5.74, 6) is 0.585. The topological polar surface area (TPSA) is 66.0 Å². The molecule has 0 aliphatic rings. The van der Waals surface area contributed by atoms with Crippen molar-refractivity contribution >= 4 is 11.6 Å². The highest BCUT2D eigenvalue weighted by Crippen LogP contribution is 2.11. The van der Waals surface area contributed by atoms with Gasteiger partial charge in [0.2, 0.25) is 5.95 Å². The maximum Gasteiger partial charge on any atom is 0.243 e. The van der Waals surface area contributed by atoms with Crippen LogP contribution in [0.15, 0.2) is 42.6 Å². The highest BCUT2D eigenvalue weighted by atomic mass is 15.3. The van der Waals surface area contributed by atoms with Crippen LogP contribution in [-0.2, 0) is 6.54 Å². The van der Waals surface area contributed by atoms with E-state index in [1.807, 2.05) is 43.5 Å². The van der Waals surface area contributed by atoms with Crippen molar-refractivity contribution in [2.45, 2.75) is 13.5 Å². The first-order valence-corrected chi connectivity index (χ1v) is 6.31. The van der Waals surface area contributed by atoms with Gasteiger partial charge in [0.05, 0.1) is 11.6 Å². The fourth-order valence-electron chi connectivity index (χ4n) is 2.05. The first-order chi connectivity index (χ1) is 9.76. The molecule has 1 N–H and O–H groups in total. The van der Waals surface area contributed by atoms with Gasteiger partial charge in [0.1, 0.15) is 0 Å². The van der Waals surface area contributed by atoms with E-state index in [9.17, 15) is 0 Å². The second-order valence-electron chi connectivity index (χ2n) is 4.56. The lowest BCUT2D eigenvalue weighted by atomic mass is 10.1. The number of aryl methyl sites for hydroxylation is 1. The lowest BCUT2D eigenvalue weighted by Gasteiger charge is -2.01. The van der Waals surface area contributed by atoms with Crippen LogP contribution in [0.5, 0.6) is 0 Å². The average molecular weight is 263 g/mol. The molecule has 1 aromatic carbocycles. The number of pyridine rings is 1. The highest BCUT2D eigenvalue weighted by Gasteiger charge is 2.05. The Kier molecular flexibility index (Phi) is 3.05. The molecule has 2 heterocycles. The van der Waals surface area contributed by atoms with Crippen LogP contribution in [0.3, 0.4) is 0 Å². The van der Waals surface area contributed by atoms with Crippen LogP contribution in [0.25, 0.3) is 5.65 Å². The predicted molar refractivity (Wildman–Crippen MR) is 76.2 cm³/mol. The molecule has 0 aliphatic carbocycles. The minimum Gasteiger partial charge on any atom is -0.349 e. The van der Waals surface area contributed by atoms with E-state index in [1.54, 1.807) is 10.6 Å². The van der Waals surface area contributed by atoms with E-state index in [-0.39, 0.29) is 0 Å². The standard InChI is InChI=1S/C15H13N5/c1-11-4-3-7-20-14(11)18-15(19-20)17-10-13-6-2-5-12(8-13)9-16/h2-8H,10H2,1H3,(H,17,19). The molecular formula is C15H13N5. The number of rotatable bonds is 3. The van der Waals surface area contributed by atoms with Crippen molar-refractivity contribution in [1.82, 2.24) is 14.6 Å². The summed E-state index contributed by atoms with van der Waals surface area (Å²) in [5, 5.41) is 16.4. The van der Waals surface area contributed by atoms with Gasteiger partial charge in [0, 0.05) is 12.7 Å². The van der Waals surface area contributed by atoms with Crippen LogP contribution in [0.2, 0.25) is 0 Å². The van der Waals surface area contributed by atoms with Gasteiger partial charge in [-0.05, 0) is 36.2 Å². The zero-order valence-electron chi connectivity index (χ0n) is 11.0. The Morgan fingerprint density at radius 2 is 2.20 bits per heavy atom. The summed E-state index contributed by atoms with van der Waals surface area (Å²) in [6, 6.07) is 13.6. The third-order valence-corrected chi connectivity index (χ3v) is 3.06. The molecule has 0 atom stereocenters. The molecule has 2 aromatic heterocycles. The predicted octanol–water partition coefficient (Wildman–Crippen LogP) is 2.52. The normalized spacial score (nSPS) is 10.4. The van der Waals surface area contributed by atoms with E-state index in [2.05, 4.69) is 21.5 Å². The monoisotopic (exact) mass is 263 g/mol. The molecule has 0 bridgehead atoms. The third-order valence-electron chi connectivity index (χ3n) is 3.06. The highest BCUT2D eigenvalue weighted by molar-refractivity contribution is 5.50. The molecule has 5 heteroatoms. The van der Waals surface area contributed by atoms with E-state index in [4.69, 9.17) is 5.26 Å². The van der Waals surface area contributed by atoms with Gasteiger partial charge in [-0.25, -0.2) is 4.52 Å². The van der Waals surface area contributed by atoms with Crippen molar-refractivity contribution in [3.63, 3.8) is 0 Å². The Morgan fingerprint density at radius 3 is 3.00 bits per heavy atom. The Balaban J connectivity index is 1.80. The number of hydrogen-bond acceptors (Lipinski definition) is 4. The van der Waals surface area contributed by atoms with Gasteiger partial charge in [0.15, 0.2) is 5.65 Å². The fourth-order valence-corrected chi connectivity index (χ4v) is 2.05. The van der Waals surface area contributed by atoms with Crippen molar-refractivity contribution in [3.05, 3.63) is 59.3 Å². The van der Waals surface area contributed by atoms with Gasteiger partial charge >= 0.3 is 0 Å². The molecular weight excluding hydrogens is 250 g/mol. The van der Waals surface area contributed by atoms with Gasteiger partial charge in [-0.15, -0.1) is 5.10 Å². The minimum absolute atomic E-state index is 0.585. The van der Waals surface area contributed by atoms with Crippen LogP contribution in [-0.4, -0.2) is 14.6 Å². The van der Waals surface area contributed by atoms with E-state index in [1.165, 1.54) is 0 Å². The summed E-state index contributed by atoms with van der Waals surface area (Å²) in [7, 11) is 0. The molecule has 3 aromatic rings. The molecule has 0 unspecified atom stereocenters. The average Bonchev–Trinajstić information content (AvgIpc) is 2.90. The van der Waals surface area contributed by atoms with Gasteiger partial charge in [0.25, 0.3) is 0 Å². The number of nitriles is 1. The smallest absolute Gasteiger partial charge is 0.243 e. The summed E-state index contributed by atoms with van der Waals surface area (Å²) in [4.78, 5) is 4.45. The summed E-state index contributed by atoms with van der Waals surface area (Å²) in [6.07, 6.45) is 1.87. The SMILES string of the molecule is Cc1cccn2nc(NCc3cccc(C#N)c3)nc12. The zero-order valence-corrected chi connectivity index (χ0v) is 11.0. The number of anilines is 1. The fraction of sp³-hybridized carbons (Fsp3) is 0.133. The summed E-state index contributed by atoms with van der Waals surface area (Å²) >= 11 is 0. The summed E-state index contributed by atoms with van der Waals surface area (Å²) in [6.45, 7) is 2.59. The molecule has 0 aliphatic heterocycles. The van der Waals surface area contributed by atoms with Crippen LogP contribution in [0, 0.1) is 18.3 Å². The maximum atomic E-state index is 8.87. The molecule has 98 valence electrons. The zero-order chi connectivity index (χ0) is 13.9. The van der Waals surface area contributed by atoms with Crippen LogP contribution in [0.1, 0.15) is 16.7 Å². The second kappa shape index (κ2) is 5.02. The van der Waals surface area contributed by atoms with Gasteiger partial charge < -0.3 is 5.32 Å². The first-order valence-electron chi connectivity index (χ1n) is 6.31. The van der Waals surface area contributed by atoms with Crippen molar-refractivity contribution in [2.75, 3.05) is 5.32 Å². The largest absolute Gasteiger partial charge is 0.349 e. The second-order valence-corrected chi connectivity index (χ2v) is 4.56. The lowest BCUT2D eigenvalue weighted by Crippen LogP contribution is -2.01. The van der Waals surface area contributed by atoms with Gasteiger partial charge in [-0.1, -0.05) is 18.2 Å². The molecule has 0 amide bonds. The van der Waals surface area contributed by atoms with Crippen molar-refractivity contribution in [3.8, 4) is 6.07 Å². The summed E-state index contributed by atoms with van der Waals surface area (Å²) in [5.41, 5.74) is 3.61. The number of nitrogens with one attached hydrogen (secondary N) is 1. The molecule has 3 rings (SSSR count). The molecule has 5 nitrogen and oxygen atoms in total. The van der Waals surface area contributed by atoms with E-state index in [0.717, 1.165) is 16.8 Å². The van der Waals surface area contributed by atoms with E-state index < -0.39 is 0 Å². The van der Waals surface area contributed by atoms with Crippen LogP contribution < -0.4 is 5.32 Å². The van der Waals surface area contributed by atoms with Crippen LogP contribution >= 0.6 is 0 Å². The lowest BCUT2D eigenvalue weighted by molar-refractivity contribution is 0.946. The molecule has 20 heavy (non-hydrogen) atoms. The van der Waals surface area contributed by atoms with Crippen molar-refractivity contribution < 1.29 is 0 Å². The Bertz CT molecular complexity index is 797. The first kappa shape index (κ1) is 12.2. The van der Waals surface area contributed by atoms with Crippen molar-refractivity contribution in [1.29, 1.82) is 5.26 Å². The van der Waals surface area contributed by atoms with Gasteiger partial charge in [-0.2, -0.15) is 10.2 Å². The van der Waals surface area contributed by atoms with Gasteiger partial charge in [-0.3, -0.25) is 0 Å². The quantitative estimate of drug-likeness (QED) is 0.788. The Morgan fingerprint density at radius 1 is 1.30 bits per heavy atom. The molecule has 0 saturated carbocycles. The van der Waals surface area contributed by atoms with E-state index >= 15 is 0 Å². The Hall–Kier alpha value is -2.87. The molecule has 0 radical (unpaired) electrons. The number of aromatic nitrogens is 3. The minimum atomic E-state index is 0.585. The summed E-state index contributed by atoms with van der Waals surface area (Å²) < 4.78 is 1.75. The van der Waals surface area contributed by atoms with Crippen LogP contribution in [0.4, 0.5) is 5.95 Å². The number of fused-ring (bicyclic) bond motifs is 1. The number of benzene rings is 1. The van der Waals surface area contributed by atoms with Crippen molar-refractivity contribution in [2.24, 2.45) is 0 Å². The molecule has 0 spiro atoms.